The first-order valence-electron chi connectivity index (χ1n) is 8.56. The third-order valence-corrected chi connectivity index (χ3v) is 5.37. The fraction of sp³-hybridized carbons (Fsp3) is 0.0476. The predicted molar refractivity (Wildman–Crippen MR) is 114 cm³/mol. The van der Waals surface area contributed by atoms with Gasteiger partial charge in [0.2, 0.25) is 0 Å². The van der Waals surface area contributed by atoms with E-state index < -0.39 is 0 Å². The van der Waals surface area contributed by atoms with Crippen molar-refractivity contribution in [1.29, 1.82) is 10.5 Å². The van der Waals surface area contributed by atoms with Crippen LogP contribution in [0, 0.1) is 22.7 Å². The molecule has 0 radical (unpaired) electrons. The fourth-order valence-corrected chi connectivity index (χ4v) is 3.88. The van der Waals surface area contributed by atoms with Crippen LogP contribution in [0.25, 0.3) is 16.6 Å². The molecule has 0 saturated carbocycles. The van der Waals surface area contributed by atoms with Gasteiger partial charge in [0.1, 0.15) is 29.0 Å². The highest BCUT2D eigenvalue weighted by Gasteiger charge is 2.24. The summed E-state index contributed by atoms with van der Waals surface area (Å²) in [6, 6.07) is 15.4. The third-order valence-electron chi connectivity index (χ3n) is 4.46. The molecule has 0 bridgehead atoms. The van der Waals surface area contributed by atoms with Crippen LogP contribution in [0.15, 0.2) is 59.5 Å². The lowest BCUT2D eigenvalue weighted by atomic mass is 9.95. The molecule has 1 aromatic carbocycles. The highest BCUT2D eigenvalue weighted by Crippen LogP contribution is 2.40. The molecular weight excluding hydrogens is 452 g/mol. The molecule has 0 saturated heterocycles. The Labute approximate surface area is 180 Å². The number of halogens is 2. The van der Waals surface area contributed by atoms with Gasteiger partial charge in [-0.05, 0) is 33.6 Å². The molecule has 4 rings (SSSR count). The van der Waals surface area contributed by atoms with Crippen molar-refractivity contribution in [1.82, 2.24) is 14.6 Å². The van der Waals surface area contributed by atoms with Crippen LogP contribution in [0.5, 0.6) is 0 Å². The summed E-state index contributed by atoms with van der Waals surface area (Å²) in [5.74, 6) is 0.478. The minimum atomic E-state index is 0.293. The lowest BCUT2D eigenvalue weighted by Gasteiger charge is -2.17. The SMILES string of the molecule is N#Cc1c(-c2ccccc2Cl)c(C#N)c2c(Br)cnn2c1NCc1cccnc1. The summed E-state index contributed by atoms with van der Waals surface area (Å²) < 4.78 is 2.22. The number of rotatable bonds is 4. The van der Waals surface area contributed by atoms with Crippen molar-refractivity contribution in [3.05, 3.63) is 81.2 Å². The van der Waals surface area contributed by atoms with Gasteiger partial charge >= 0.3 is 0 Å². The number of aromatic nitrogens is 3. The largest absolute Gasteiger partial charge is 0.365 e. The molecule has 0 aliphatic carbocycles. The van der Waals surface area contributed by atoms with Crippen molar-refractivity contribution in [2.75, 3.05) is 5.32 Å². The Balaban J connectivity index is 2.02. The molecule has 0 fully saturated rings. The molecular formula is C21H12BrClN6. The maximum Gasteiger partial charge on any atom is 0.147 e. The molecule has 0 amide bonds. The van der Waals surface area contributed by atoms with Crippen molar-refractivity contribution >= 4 is 38.9 Å². The molecule has 0 aliphatic rings. The Bertz CT molecular complexity index is 1300. The third kappa shape index (κ3) is 3.31. The number of nitrogens with zero attached hydrogens (tertiary/aromatic N) is 5. The van der Waals surface area contributed by atoms with E-state index in [-0.39, 0.29) is 0 Å². The molecule has 3 heterocycles. The molecule has 1 N–H and O–H groups in total. The van der Waals surface area contributed by atoms with Crippen LogP contribution in [0.1, 0.15) is 16.7 Å². The lowest BCUT2D eigenvalue weighted by Crippen LogP contribution is -2.10. The zero-order valence-corrected chi connectivity index (χ0v) is 17.2. The smallest absolute Gasteiger partial charge is 0.147 e. The molecule has 0 atom stereocenters. The van der Waals surface area contributed by atoms with E-state index in [0.717, 1.165) is 5.56 Å². The first-order valence-corrected chi connectivity index (χ1v) is 9.74. The van der Waals surface area contributed by atoms with Gasteiger partial charge in [0, 0.05) is 35.1 Å². The van der Waals surface area contributed by atoms with Gasteiger partial charge in [-0.2, -0.15) is 15.6 Å². The maximum atomic E-state index is 10.0. The summed E-state index contributed by atoms with van der Waals surface area (Å²) in [7, 11) is 0. The van der Waals surface area contributed by atoms with E-state index in [1.165, 1.54) is 0 Å². The number of pyridine rings is 2. The molecule has 6 nitrogen and oxygen atoms in total. The topological polar surface area (TPSA) is 89.8 Å². The lowest BCUT2D eigenvalue weighted by molar-refractivity contribution is 0.937. The van der Waals surface area contributed by atoms with Crippen molar-refractivity contribution in [2.45, 2.75) is 6.54 Å². The average Bonchev–Trinajstić information content (AvgIpc) is 3.13. The zero-order chi connectivity index (χ0) is 20.4. The van der Waals surface area contributed by atoms with Crippen molar-refractivity contribution < 1.29 is 0 Å². The predicted octanol–water partition coefficient (Wildman–Crippen LogP) is 5.17. The molecule has 3 aromatic heterocycles. The quantitative estimate of drug-likeness (QED) is 0.451. The minimum absolute atomic E-state index is 0.293. The average molecular weight is 464 g/mol. The Morgan fingerprint density at radius 3 is 2.55 bits per heavy atom. The molecule has 0 unspecified atom stereocenters. The summed E-state index contributed by atoms with van der Waals surface area (Å²) in [6.45, 7) is 0.433. The van der Waals surface area contributed by atoms with Gasteiger partial charge in [0.25, 0.3) is 0 Å². The highest BCUT2D eigenvalue weighted by molar-refractivity contribution is 9.10. The van der Waals surface area contributed by atoms with E-state index >= 15 is 0 Å². The summed E-state index contributed by atoms with van der Waals surface area (Å²) in [5.41, 5.74) is 3.22. The molecule has 0 spiro atoms. The van der Waals surface area contributed by atoms with Crippen LogP contribution in [-0.2, 0) is 6.54 Å². The van der Waals surface area contributed by atoms with Crippen LogP contribution in [0.3, 0.4) is 0 Å². The van der Waals surface area contributed by atoms with Crippen molar-refractivity contribution in [3.63, 3.8) is 0 Å². The Morgan fingerprint density at radius 2 is 1.86 bits per heavy atom. The second kappa shape index (κ2) is 7.92. The summed E-state index contributed by atoms with van der Waals surface area (Å²) in [6.07, 6.45) is 5.04. The molecule has 0 aliphatic heterocycles. The number of anilines is 1. The molecule has 4 aromatic rings. The van der Waals surface area contributed by atoms with Gasteiger partial charge in [-0.1, -0.05) is 35.9 Å². The van der Waals surface area contributed by atoms with E-state index in [9.17, 15) is 10.5 Å². The van der Waals surface area contributed by atoms with Crippen LogP contribution < -0.4 is 5.32 Å². The fourth-order valence-electron chi connectivity index (χ4n) is 3.19. The zero-order valence-electron chi connectivity index (χ0n) is 14.9. The van der Waals surface area contributed by atoms with Gasteiger partial charge in [-0.3, -0.25) is 4.98 Å². The maximum absolute atomic E-state index is 10.0. The van der Waals surface area contributed by atoms with Crippen LogP contribution in [0.4, 0.5) is 5.82 Å². The van der Waals surface area contributed by atoms with Gasteiger partial charge < -0.3 is 5.32 Å². The number of hydrogen-bond acceptors (Lipinski definition) is 5. The Hall–Kier alpha value is -3.39. The summed E-state index contributed by atoms with van der Waals surface area (Å²) in [4.78, 5) is 4.11. The van der Waals surface area contributed by atoms with Gasteiger partial charge in [-0.15, -0.1) is 0 Å². The highest BCUT2D eigenvalue weighted by atomic mass is 79.9. The first-order chi connectivity index (χ1) is 14.2. The van der Waals surface area contributed by atoms with Crippen LogP contribution in [-0.4, -0.2) is 14.6 Å². The van der Waals surface area contributed by atoms with E-state index in [1.807, 2.05) is 18.2 Å². The van der Waals surface area contributed by atoms with Gasteiger partial charge in [0.05, 0.1) is 16.2 Å². The van der Waals surface area contributed by atoms with E-state index in [1.54, 1.807) is 41.3 Å². The van der Waals surface area contributed by atoms with Crippen molar-refractivity contribution in [2.24, 2.45) is 0 Å². The molecule has 29 heavy (non-hydrogen) atoms. The van der Waals surface area contributed by atoms with Crippen LogP contribution in [0.2, 0.25) is 5.02 Å². The number of hydrogen-bond donors (Lipinski definition) is 1. The second-order valence-electron chi connectivity index (χ2n) is 6.14. The number of benzene rings is 1. The summed E-state index contributed by atoms with van der Waals surface area (Å²) >= 11 is 9.90. The Morgan fingerprint density at radius 1 is 1.07 bits per heavy atom. The van der Waals surface area contributed by atoms with E-state index in [2.05, 4.69) is 43.5 Å². The minimum Gasteiger partial charge on any atom is -0.365 e. The number of fused-ring (bicyclic) bond motifs is 1. The second-order valence-corrected chi connectivity index (χ2v) is 7.41. The van der Waals surface area contributed by atoms with Crippen molar-refractivity contribution in [3.8, 4) is 23.3 Å². The van der Waals surface area contributed by atoms with Gasteiger partial charge in [-0.25, -0.2) is 4.52 Å². The van der Waals surface area contributed by atoms with Crippen LogP contribution >= 0.6 is 27.5 Å². The van der Waals surface area contributed by atoms with E-state index in [4.69, 9.17) is 11.6 Å². The van der Waals surface area contributed by atoms with Gasteiger partial charge in [0.15, 0.2) is 0 Å². The summed E-state index contributed by atoms with van der Waals surface area (Å²) in [5, 5.41) is 28.1. The van der Waals surface area contributed by atoms with E-state index in [0.29, 0.717) is 49.6 Å². The number of nitrogens with one attached hydrogen (secondary N) is 1. The molecule has 8 heteroatoms. The molecule has 140 valence electrons. The first kappa shape index (κ1) is 18.9. The standard InChI is InChI=1S/C21H12BrClN6/c22-17-12-28-29-20(17)15(8-24)19(14-5-1-2-6-18(14)23)16(9-25)21(29)27-11-13-4-3-7-26-10-13/h1-7,10,12,27H,11H2. The monoisotopic (exact) mass is 462 g/mol. The Kier molecular flexibility index (Phi) is 5.18. The normalized spacial score (nSPS) is 10.5. The number of nitriles is 2.